The number of esters is 3. The normalized spacial score (nSPS) is 23.6. The third-order valence-corrected chi connectivity index (χ3v) is 22.2. The van der Waals surface area contributed by atoms with Crippen molar-refractivity contribution in [3.63, 3.8) is 0 Å². The smallest absolute Gasteiger partial charge is 0.347 e. The van der Waals surface area contributed by atoms with E-state index in [1.165, 1.54) is 33.6 Å². The number of hydrogen-bond donors (Lipinski definition) is 0. The number of carbonyl (C=O) groups excluding carboxylic acids is 3. The van der Waals surface area contributed by atoms with E-state index in [0.717, 1.165) is 38.9 Å². The van der Waals surface area contributed by atoms with Gasteiger partial charge in [0.25, 0.3) is 0 Å². The number of rotatable bonds is 38. The Bertz CT molecular complexity index is 4570. The lowest BCUT2D eigenvalue weighted by molar-refractivity contribution is -0.358. The molecule has 0 aliphatic carbocycles. The summed E-state index contributed by atoms with van der Waals surface area (Å²) in [5, 5.41) is 0. The van der Waals surface area contributed by atoms with Gasteiger partial charge < -0.3 is 71.1 Å². The van der Waals surface area contributed by atoms with Crippen molar-refractivity contribution >= 4 is 25.6 Å². The zero-order chi connectivity index (χ0) is 79.6. The van der Waals surface area contributed by atoms with Crippen molar-refractivity contribution in [1.29, 1.82) is 0 Å². The van der Waals surface area contributed by atoms with Gasteiger partial charge in [-0.1, -0.05) is 267 Å². The highest BCUT2D eigenvalue weighted by molar-refractivity contribution is 7.53. The molecule has 115 heavy (non-hydrogen) atoms. The van der Waals surface area contributed by atoms with E-state index in [-0.39, 0.29) is 76.2 Å². The maximum Gasteiger partial charge on any atom is 0.347 e. The van der Waals surface area contributed by atoms with Gasteiger partial charge in [0.1, 0.15) is 54.9 Å². The SMILES string of the molecule is CN(C)P(=O)(O[C@H]1O[C@H](CO[C@@H]2O[C@H](CO[C@@H]3O[C@H](COCc4ccccc4)[C@@H](OCc4ccccc4)[C@H](OCc4ccccc4)[C@H]3OCc3ccccc3)[C@@H](OCc3ccccc3)[C@H](OCc3ccccc3)[C@H]2OCc2ccccc2)[C@@H](OC(=O)c2ccccc2)[C@H](OC(=O)c2ccccc2)[C@H]1OC(=O)c1ccccc1)N(C)C. The Morgan fingerprint density at radius 3 is 0.826 bits per heavy atom. The highest BCUT2D eigenvalue weighted by Gasteiger charge is 2.58. The largest absolute Gasteiger partial charge is 0.452 e. The fourth-order valence-corrected chi connectivity index (χ4v) is 15.3. The van der Waals surface area contributed by atoms with Crippen LogP contribution in [0.1, 0.15) is 70.0 Å². The summed E-state index contributed by atoms with van der Waals surface area (Å²) in [5.41, 5.74) is 6.36. The molecule has 3 aliphatic rings. The molecule has 22 nitrogen and oxygen atoms in total. The van der Waals surface area contributed by atoms with Gasteiger partial charge in [0.2, 0.25) is 6.29 Å². The summed E-state index contributed by atoms with van der Waals surface area (Å²) >= 11 is 0. The van der Waals surface area contributed by atoms with E-state index in [4.69, 9.17) is 75.6 Å². The molecule has 15 atom stereocenters. The van der Waals surface area contributed by atoms with Crippen LogP contribution in [0.5, 0.6) is 0 Å². The lowest BCUT2D eigenvalue weighted by Gasteiger charge is -2.48. The Hall–Kier alpha value is -9.76. The second kappa shape index (κ2) is 42.2. The second-order valence-corrected chi connectivity index (χ2v) is 31.2. The van der Waals surface area contributed by atoms with Crippen molar-refractivity contribution in [3.8, 4) is 0 Å². The topological polar surface area (TPSA) is 222 Å². The zero-order valence-corrected chi connectivity index (χ0v) is 65.5. The maximum absolute atomic E-state index is 15.4. The summed E-state index contributed by atoms with van der Waals surface area (Å²) in [6, 6.07) is 92.6. The molecule has 13 rings (SSSR count). The first kappa shape index (κ1) is 83.2. The monoisotopic (exact) mass is 1580 g/mol. The molecule has 600 valence electrons. The Morgan fingerprint density at radius 2 is 0.513 bits per heavy atom. The van der Waals surface area contributed by atoms with Crippen LogP contribution in [0, 0.1) is 0 Å². The molecule has 0 radical (unpaired) electrons. The summed E-state index contributed by atoms with van der Waals surface area (Å²) < 4.78 is 130. The van der Waals surface area contributed by atoms with Crippen LogP contribution in [-0.4, -0.2) is 167 Å². The maximum atomic E-state index is 15.4. The fraction of sp³-hybridized carbons (Fsp3) is 0.315. The number of hydrogen-bond acceptors (Lipinski definition) is 20. The molecule has 0 unspecified atom stereocenters. The third-order valence-electron chi connectivity index (χ3n) is 19.7. The Balaban J connectivity index is 0.924. The molecule has 0 N–H and O–H groups in total. The zero-order valence-electron chi connectivity index (χ0n) is 64.6. The van der Waals surface area contributed by atoms with Crippen LogP contribution in [0.25, 0.3) is 0 Å². The highest BCUT2D eigenvalue weighted by Crippen LogP contribution is 2.53. The van der Waals surface area contributed by atoms with Gasteiger partial charge in [-0.2, -0.15) is 0 Å². The second-order valence-electron chi connectivity index (χ2n) is 28.4. The molecule has 0 amide bonds. The summed E-state index contributed by atoms with van der Waals surface area (Å²) in [6.07, 6.45) is -19.7. The molecular weight excluding hydrogens is 1480 g/mol. The Morgan fingerprint density at radius 1 is 0.270 bits per heavy atom. The van der Waals surface area contributed by atoms with Crippen LogP contribution >= 0.6 is 7.67 Å². The quantitative estimate of drug-likeness (QED) is 0.0199. The summed E-state index contributed by atoms with van der Waals surface area (Å²) in [7, 11) is 2.00. The van der Waals surface area contributed by atoms with E-state index in [9.17, 15) is 14.4 Å². The first-order chi connectivity index (χ1) is 56.3. The molecule has 10 aromatic carbocycles. The highest BCUT2D eigenvalue weighted by atomic mass is 31.2. The summed E-state index contributed by atoms with van der Waals surface area (Å²) in [4.78, 5) is 44.6. The van der Waals surface area contributed by atoms with Crippen molar-refractivity contribution in [2.45, 2.75) is 138 Å². The van der Waals surface area contributed by atoms with Crippen LogP contribution in [-0.2, 0) is 126 Å². The van der Waals surface area contributed by atoms with Crippen LogP contribution in [0.2, 0.25) is 0 Å². The van der Waals surface area contributed by atoms with Crippen molar-refractivity contribution in [3.05, 3.63) is 359 Å². The molecular formula is C92H97N2O20P. The minimum atomic E-state index is -4.18. The van der Waals surface area contributed by atoms with Crippen molar-refractivity contribution in [1.82, 2.24) is 9.34 Å². The first-order valence-corrected chi connectivity index (χ1v) is 40.0. The van der Waals surface area contributed by atoms with Crippen molar-refractivity contribution in [2.75, 3.05) is 48.0 Å². The molecule has 3 aliphatic heterocycles. The van der Waals surface area contributed by atoms with Crippen LogP contribution < -0.4 is 0 Å². The first-order valence-electron chi connectivity index (χ1n) is 38.5. The van der Waals surface area contributed by atoms with Gasteiger partial charge in [-0.25, -0.2) is 23.7 Å². The van der Waals surface area contributed by atoms with Crippen LogP contribution in [0.3, 0.4) is 0 Å². The minimum absolute atomic E-state index is 0.00204. The van der Waals surface area contributed by atoms with E-state index in [0.29, 0.717) is 0 Å². The fourth-order valence-electron chi connectivity index (χ4n) is 13.8. The van der Waals surface area contributed by atoms with Gasteiger partial charge in [0, 0.05) is 0 Å². The molecule has 3 heterocycles. The average Bonchev–Trinajstić information content (AvgIpc) is 0.441. The molecule has 23 heteroatoms. The van der Waals surface area contributed by atoms with Gasteiger partial charge in [0.15, 0.2) is 30.9 Å². The number of nitrogens with zero attached hydrogens (tertiary/aromatic N) is 2. The number of carbonyl (C=O) groups is 3. The predicted molar refractivity (Wildman–Crippen MR) is 427 cm³/mol. The molecule has 0 aromatic heterocycles. The van der Waals surface area contributed by atoms with E-state index in [1.807, 2.05) is 212 Å². The average molecular weight is 1580 g/mol. The lowest BCUT2D eigenvalue weighted by atomic mass is 9.96. The van der Waals surface area contributed by atoms with Gasteiger partial charge in [-0.05, 0) is 104 Å². The molecule has 0 spiro atoms. The molecule has 3 fully saturated rings. The van der Waals surface area contributed by atoms with Gasteiger partial charge in [-0.15, -0.1) is 0 Å². The minimum Gasteiger partial charge on any atom is -0.452 e. The molecule has 10 aromatic rings. The standard InChI is InChI=1S/C92H97N2O20P/c1-93(2)115(98,94(3)4)114-92-86(113-89(97)74-53-33-14-34-54-74)83(112-88(96)73-51-31-13-32-52-73)80(111-87(95)72-49-29-12-30-50-72)77(110-92)64-107-91-85(105-61-71-47-27-11-28-48-71)82(103-59-69-43-23-9-24-44-69)79(101-57-67-39-19-7-20-40-67)76(109-91)63-106-90-84(104-60-70-45-25-10-26-46-70)81(102-58-68-41-21-8-22-42-68)78(100-56-66-37-17-6-18-38-66)75(108-90)62-99-55-65-35-15-5-16-36-65/h5-54,75-86,90-92H,55-64H2,1-4H3/t75-,76-,77-,78-,79-,80-,81+,82+,83+,84-,85-,86-,90-,91-,92-/m1/s1. The predicted octanol–water partition coefficient (Wildman–Crippen LogP) is 14.8. The molecule has 3 saturated heterocycles. The van der Waals surface area contributed by atoms with E-state index in [2.05, 4.69) is 0 Å². The van der Waals surface area contributed by atoms with Gasteiger partial charge >= 0.3 is 25.6 Å². The third kappa shape index (κ3) is 23.1. The molecule has 0 saturated carbocycles. The number of benzene rings is 10. The van der Waals surface area contributed by atoms with E-state index in [1.54, 1.807) is 94.9 Å². The van der Waals surface area contributed by atoms with Crippen LogP contribution in [0.15, 0.2) is 303 Å². The van der Waals surface area contributed by atoms with E-state index >= 15 is 4.57 Å². The van der Waals surface area contributed by atoms with Crippen LogP contribution in [0.4, 0.5) is 0 Å². The Labute approximate surface area is 671 Å². The van der Waals surface area contributed by atoms with Crippen molar-refractivity contribution in [2.24, 2.45) is 0 Å². The van der Waals surface area contributed by atoms with Gasteiger partial charge in [-0.3, -0.25) is 9.09 Å². The number of ether oxygens (including phenoxy) is 15. The van der Waals surface area contributed by atoms with Gasteiger partial charge in [0.05, 0.1) is 82.8 Å². The van der Waals surface area contributed by atoms with Crippen molar-refractivity contribution < 1.29 is 94.5 Å². The summed E-state index contributed by atoms with van der Waals surface area (Å²) in [6.45, 7) is -0.101. The van der Waals surface area contributed by atoms with E-state index < -0.39 is 124 Å². The Kier molecular flexibility index (Phi) is 30.5. The lowest BCUT2D eigenvalue weighted by Crippen LogP contribution is -2.65. The summed E-state index contributed by atoms with van der Waals surface area (Å²) in [5.74, 6) is -2.70. The molecule has 0 bridgehead atoms.